The molecule has 1 fully saturated rings. The first-order valence-corrected chi connectivity index (χ1v) is 5.76. The van der Waals surface area contributed by atoms with Crippen LogP contribution in [0.4, 0.5) is 0 Å². The summed E-state index contributed by atoms with van der Waals surface area (Å²) in [5.41, 5.74) is 0. The van der Waals surface area contributed by atoms with Gasteiger partial charge in [0.05, 0.1) is 19.3 Å². The summed E-state index contributed by atoms with van der Waals surface area (Å²) in [6, 6.07) is 0. The maximum absolute atomic E-state index is 11.0. The van der Waals surface area contributed by atoms with Gasteiger partial charge in [-0.1, -0.05) is 13.8 Å². The second-order valence-corrected chi connectivity index (χ2v) is 4.55. The largest absolute Gasteiger partial charge is 0.479 e. The molecule has 0 bridgehead atoms. The van der Waals surface area contributed by atoms with E-state index in [0.29, 0.717) is 6.42 Å². The third kappa shape index (κ3) is 3.64. The van der Waals surface area contributed by atoms with Gasteiger partial charge in [-0.05, 0) is 11.8 Å². The van der Waals surface area contributed by atoms with Crippen molar-refractivity contribution in [1.82, 2.24) is 0 Å². The molecule has 2 unspecified atom stereocenters. The summed E-state index contributed by atoms with van der Waals surface area (Å²) in [6.45, 7) is 3.78. The summed E-state index contributed by atoms with van der Waals surface area (Å²) in [5.74, 6) is -1.25. The van der Waals surface area contributed by atoms with Gasteiger partial charge in [0, 0.05) is 6.42 Å². The van der Waals surface area contributed by atoms with Gasteiger partial charge >= 0.3 is 5.97 Å². The third-order valence-electron chi connectivity index (χ3n) is 3.01. The zero-order valence-electron chi connectivity index (χ0n) is 10.1. The Morgan fingerprint density at radius 1 is 1.53 bits per heavy atom. The topological polar surface area (TPSA) is 96.2 Å². The van der Waals surface area contributed by atoms with Crippen LogP contribution in [0.1, 0.15) is 20.3 Å². The minimum atomic E-state index is -1.26. The van der Waals surface area contributed by atoms with E-state index in [-0.39, 0.29) is 25.0 Å². The number of ether oxygens (including phenoxy) is 2. The Hall–Kier alpha value is -0.690. The van der Waals surface area contributed by atoms with Crippen LogP contribution in [0.3, 0.4) is 0 Å². The third-order valence-corrected chi connectivity index (χ3v) is 3.01. The molecule has 4 atom stereocenters. The van der Waals surface area contributed by atoms with E-state index in [1.807, 2.05) is 13.8 Å². The van der Waals surface area contributed by atoms with Crippen molar-refractivity contribution in [3.63, 3.8) is 0 Å². The van der Waals surface area contributed by atoms with Crippen LogP contribution in [-0.2, 0) is 14.3 Å². The van der Waals surface area contributed by atoms with Crippen LogP contribution in [0.5, 0.6) is 0 Å². The van der Waals surface area contributed by atoms with Gasteiger partial charge in [-0.2, -0.15) is 0 Å². The summed E-state index contributed by atoms with van der Waals surface area (Å²) in [4.78, 5) is 11.0. The van der Waals surface area contributed by atoms with Gasteiger partial charge < -0.3 is 24.8 Å². The highest BCUT2D eigenvalue weighted by Gasteiger charge is 2.43. The molecular weight excluding hydrogens is 228 g/mol. The maximum atomic E-state index is 11.0. The number of carbonyl (C=O) groups is 1. The number of hydrogen-bond donors (Lipinski definition) is 3. The number of aliphatic carboxylic acids is 1. The van der Waals surface area contributed by atoms with Crippen molar-refractivity contribution in [2.24, 2.45) is 11.8 Å². The summed E-state index contributed by atoms with van der Waals surface area (Å²) in [7, 11) is 0. The second-order valence-electron chi connectivity index (χ2n) is 4.55. The quantitative estimate of drug-likeness (QED) is 0.625. The first-order valence-electron chi connectivity index (χ1n) is 5.76. The van der Waals surface area contributed by atoms with Crippen LogP contribution >= 0.6 is 0 Å². The van der Waals surface area contributed by atoms with Crippen LogP contribution in [0.2, 0.25) is 0 Å². The molecule has 1 aliphatic heterocycles. The number of carboxylic acids is 1. The van der Waals surface area contributed by atoms with E-state index >= 15 is 0 Å². The summed E-state index contributed by atoms with van der Waals surface area (Å²) in [5, 5.41) is 27.5. The van der Waals surface area contributed by atoms with Gasteiger partial charge in [0.15, 0.2) is 12.4 Å². The fourth-order valence-electron chi connectivity index (χ4n) is 2.05. The fourth-order valence-corrected chi connectivity index (χ4v) is 2.05. The van der Waals surface area contributed by atoms with E-state index in [0.717, 1.165) is 0 Å². The van der Waals surface area contributed by atoms with Crippen LogP contribution in [0.15, 0.2) is 0 Å². The summed E-state index contributed by atoms with van der Waals surface area (Å²) >= 11 is 0. The van der Waals surface area contributed by atoms with Crippen molar-refractivity contribution in [1.29, 1.82) is 0 Å². The molecule has 0 aliphatic carbocycles. The first-order chi connectivity index (χ1) is 7.97. The van der Waals surface area contributed by atoms with E-state index in [4.69, 9.17) is 19.7 Å². The van der Waals surface area contributed by atoms with E-state index in [1.165, 1.54) is 0 Å². The molecular formula is C11H20O6. The van der Waals surface area contributed by atoms with Gasteiger partial charge in [-0.3, -0.25) is 0 Å². The lowest BCUT2D eigenvalue weighted by Crippen LogP contribution is -2.51. The zero-order valence-corrected chi connectivity index (χ0v) is 10.1. The zero-order chi connectivity index (χ0) is 13.0. The van der Waals surface area contributed by atoms with Crippen LogP contribution in [0.25, 0.3) is 0 Å². The molecule has 0 aromatic rings. The van der Waals surface area contributed by atoms with Crippen LogP contribution in [-0.4, -0.2) is 53.0 Å². The van der Waals surface area contributed by atoms with Crippen molar-refractivity contribution in [2.75, 3.05) is 13.2 Å². The van der Waals surface area contributed by atoms with Crippen molar-refractivity contribution < 1.29 is 29.6 Å². The van der Waals surface area contributed by atoms with Gasteiger partial charge in [0.1, 0.15) is 0 Å². The standard InChI is InChI=1S/C11H20O6/c1-6(2)7-5-8(16-4-3-12)17-10(9(7)13)11(14)15/h6-10,12-13H,3-5H2,1-2H3,(H,14,15)/t7-,8+,9?,10?/m0/s1. The van der Waals surface area contributed by atoms with Crippen LogP contribution < -0.4 is 0 Å². The molecule has 6 heteroatoms. The fraction of sp³-hybridized carbons (Fsp3) is 0.909. The Morgan fingerprint density at radius 3 is 2.65 bits per heavy atom. The van der Waals surface area contributed by atoms with Crippen molar-refractivity contribution >= 4 is 5.97 Å². The molecule has 17 heavy (non-hydrogen) atoms. The van der Waals surface area contributed by atoms with Crippen LogP contribution in [0, 0.1) is 11.8 Å². The molecule has 0 saturated carbocycles. The molecule has 0 radical (unpaired) electrons. The Balaban J connectivity index is 2.70. The molecule has 100 valence electrons. The van der Waals surface area contributed by atoms with E-state index in [1.54, 1.807) is 0 Å². The molecule has 6 nitrogen and oxygen atoms in total. The Labute approximate surface area is 100 Å². The summed E-state index contributed by atoms with van der Waals surface area (Å²) in [6.07, 6.45) is -2.54. The lowest BCUT2D eigenvalue weighted by molar-refractivity contribution is -0.247. The molecule has 0 aromatic heterocycles. The minimum Gasteiger partial charge on any atom is -0.479 e. The Morgan fingerprint density at radius 2 is 2.18 bits per heavy atom. The predicted molar refractivity (Wildman–Crippen MR) is 58.3 cm³/mol. The average molecular weight is 248 g/mol. The number of aliphatic hydroxyl groups is 2. The van der Waals surface area contributed by atoms with Crippen molar-refractivity contribution in [3.05, 3.63) is 0 Å². The van der Waals surface area contributed by atoms with E-state index in [9.17, 15) is 9.90 Å². The highest BCUT2D eigenvalue weighted by atomic mass is 16.7. The Bertz CT molecular complexity index is 254. The lowest BCUT2D eigenvalue weighted by atomic mass is 9.83. The minimum absolute atomic E-state index is 0.0952. The Kier molecular flexibility index (Phi) is 5.32. The first kappa shape index (κ1) is 14.4. The van der Waals surface area contributed by atoms with Gasteiger partial charge in [-0.15, -0.1) is 0 Å². The lowest BCUT2D eigenvalue weighted by Gasteiger charge is -2.39. The molecule has 1 aliphatic rings. The average Bonchev–Trinajstić information content (AvgIpc) is 2.26. The molecule has 0 amide bonds. The number of hydrogen-bond acceptors (Lipinski definition) is 5. The molecule has 0 spiro atoms. The molecule has 1 heterocycles. The van der Waals surface area contributed by atoms with Gasteiger partial charge in [-0.25, -0.2) is 4.79 Å². The molecule has 0 aromatic carbocycles. The number of carboxylic acid groups (broad SMARTS) is 1. The number of aliphatic hydroxyl groups excluding tert-OH is 2. The smallest absolute Gasteiger partial charge is 0.335 e. The normalized spacial score (nSPS) is 33.9. The van der Waals surface area contributed by atoms with E-state index < -0.39 is 24.5 Å². The molecule has 1 saturated heterocycles. The van der Waals surface area contributed by atoms with Crippen molar-refractivity contribution in [3.8, 4) is 0 Å². The predicted octanol–water partition coefficient (Wildman–Crippen LogP) is -0.172. The maximum Gasteiger partial charge on any atom is 0.335 e. The second kappa shape index (κ2) is 6.30. The van der Waals surface area contributed by atoms with Crippen molar-refractivity contribution in [2.45, 2.75) is 38.8 Å². The monoisotopic (exact) mass is 248 g/mol. The SMILES string of the molecule is CC(C)[C@@H]1C[C@H](OCCO)OC(C(=O)O)C1O. The van der Waals surface area contributed by atoms with Gasteiger partial charge in [0.2, 0.25) is 0 Å². The number of rotatable bonds is 5. The summed E-state index contributed by atoms with van der Waals surface area (Å²) < 4.78 is 10.4. The molecule has 3 N–H and O–H groups in total. The highest BCUT2D eigenvalue weighted by Crippen LogP contribution is 2.31. The van der Waals surface area contributed by atoms with E-state index in [2.05, 4.69) is 0 Å². The molecule has 1 rings (SSSR count). The van der Waals surface area contributed by atoms with Gasteiger partial charge in [0.25, 0.3) is 0 Å². The highest BCUT2D eigenvalue weighted by molar-refractivity contribution is 5.73.